The van der Waals surface area contributed by atoms with Crippen molar-refractivity contribution in [1.29, 1.82) is 0 Å². The number of thiazole rings is 1. The molecule has 0 saturated carbocycles. The van der Waals surface area contributed by atoms with Gasteiger partial charge in [-0.1, -0.05) is 39.8 Å². The lowest BCUT2D eigenvalue weighted by molar-refractivity contribution is -0.123. The molecule has 33 heavy (non-hydrogen) atoms. The number of fused-ring (bicyclic) bond motifs is 1. The lowest BCUT2D eigenvalue weighted by Gasteiger charge is -2.42. The van der Waals surface area contributed by atoms with Crippen LogP contribution in [-0.2, 0) is 15.6 Å². The number of aliphatic hydroxyl groups is 1. The van der Waals surface area contributed by atoms with E-state index in [9.17, 15) is 4.79 Å². The predicted octanol–water partition coefficient (Wildman–Crippen LogP) is 3.95. The summed E-state index contributed by atoms with van der Waals surface area (Å²) in [6.07, 6.45) is 4.46. The van der Waals surface area contributed by atoms with Crippen LogP contribution in [-0.4, -0.2) is 47.8 Å². The first-order valence-corrected chi connectivity index (χ1v) is 13.0. The molecule has 4 rings (SSSR count). The van der Waals surface area contributed by atoms with Gasteiger partial charge in [-0.15, -0.1) is 11.3 Å². The molecule has 6 nitrogen and oxygen atoms in total. The Morgan fingerprint density at radius 3 is 2.55 bits per heavy atom. The fourth-order valence-corrected chi connectivity index (χ4v) is 5.97. The van der Waals surface area contributed by atoms with Crippen LogP contribution in [0.4, 0.5) is 5.13 Å². The fraction of sp³-hybridized carbons (Fsp3) is 0.615. The maximum atomic E-state index is 12.1. The van der Waals surface area contributed by atoms with E-state index in [0.29, 0.717) is 6.42 Å². The molecule has 7 heteroatoms. The Hall–Kier alpha value is -1.96. The smallest absolute Gasteiger partial charge is 0.237 e. The van der Waals surface area contributed by atoms with Gasteiger partial charge in [-0.25, -0.2) is 4.98 Å². The molecule has 0 unspecified atom stereocenters. The molecule has 1 atom stereocenters. The Balaban J connectivity index is 1.43. The van der Waals surface area contributed by atoms with Gasteiger partial charge in [0, 0.05) is 36.7 Å². The number of benzene rings is 1. The summed E-state index contributed by atoms with van der Waals surface area (Å²) in [7, 11) is 0. The molecule has 1 fully saturated rings. The first-order valence-electron chi connectivity index (χ1n) is 12.1. The average molecular weight is 471 g/mol. The molecule has 1 saturated heterocycles. The SMILES string of the molecule is CC1(C)CCC(C)(C)c2cc(-c3csc(N4CCC(NC(=O)[C@@H](N)CCO)CC4)n3)ccc21. The molecule has 0 radical (unpaired) electrons. The summed E-state index contributed by atoms with van der Waals surface area (Å²) in [4.78, 5) is 19.4. The van der Waals surface area contributed by atoms with Crippen molar-refractivity contribution in [3.8, 4) is 11.3 Å². The van der Waals surface area contributed by atoms with Crippen LogP contribution in [0.5, 0.6) is 0 Å². The van der Waals surface area contributed by atoms with Crippen molar-refractivity contribution >= 4 is 22.4 Å². The first-order chi connectivity index (χ1) is 15.6. The zero-order chi connectivity index (χ0) is 23.8. The van der Waals surface area contributed by atoms with Crippen molar-refractivity contribution < 1.29 is 9.90 Å². The highest BCUT2D eigenvalue weighted by Crippen LogP contribution is 2.47. The Kier molecular flexibility index (Phi) is 6.85. The highest BCUT2D eigenvalue weighted by atomic mass is 32.1. The monoisotopic (exact) mass is 470 g/mol. The predicted molar refractivity (Wildman–Crippen MR) is 136 cm³/mol. The number of aromatic nitrogens is 1. The van der Waals surface area contributed by atoms with Crippen LogP contribution in [0, 0.1) is 0 Å². The normalized spacial score (nSPS) is 20.8. The molecule has 2 aromatic rings. The Morgan fingerprint density at radius 2 is 1.88 bits per heavy atom. The molecule has 2 aliphatic rings. The standard InChI is InChI=1S/C26H38N4O2S/c1-25(2)10-11-26(3,4)20-15-17(5-6-19(20)25)22-16-33-24(29-22)30-12-7-18(8-13-30)28-23(32)21(27)9-14-31/h5-6,15-16,18,21,31H,7-14,27H2,1-4H3,(H,28,32)/t21-/m0/s1. The second kappa shape index (κ2) is 9.35. The van der Waals surface area contributed by atoms with E-state index in [-0.39, 0.29) is 29.4 Å². The maximum Gasteiger partial charge on any atom is 0.237 e. The molecule has 1 aliphatic heterocycles. The van der Waals surface area contributed by atoms with Crippen LogP contribution in [0.15, 0.2) is 23.6 Å². The Bertz CT molecular complexity index is 992. The molecule has 1 aliphatic carbocycles. The molecular weight excluding hydrogens is 432 g/mol. The van der Waals surface area contributed by atoms with Crippen molar-refractivity contribution in [2.24, 2.45) is 5.73 Å². The summed E-state index contributed by atoms with van der Waals surface area (Å²) in [5.41, 5.74) is 11.4. The number of carbonyl (C=O) groups excluding carboxylic acids is 1. The quantitative estimate of drug-likeness (QED) is 0.595. The van der Waals surface area contributed by atoms with Crippen LogP contribution in [0.3, 0.4) is 0 Å². The van der Waals surface area contributed by atoms with Gasteiger partial charge in [0.15, 0.2) is 5.13 Å². The Morgan fingerprint density at radius 1 is 1.21 bits per heavy atom. The van der Waals surface area contributed by atoms with Gasteiger partial charge >= 0.3 is 0 Å². The number of aliphatic hydroxyl groups excluding tert-OH is 1. The van der Waals surface area contributed by atoms with E-state index in [0.717, 1.165) is 36.8 Å². The summed E-state index contributed by atoms with van der Waals surface area (Å²) in [5, 5.41) is 15.2. The summed E-state index contributed by atoms with van der Waals surface area (Å²) >= 11 is 1.69. The fourth-order valence-electron chi connectivity index (χ4n) is 5.08. The van der Waals surface area contributed by atoms with Crippen molar-refractivity contribution in [3.63, 3.8) is 0 Å². The lowest BCUT2D eigenvalue weighted by Crippen LogP contribution is -2.49. The molecule has 180 valence electrons. The van der Waals surface area contributed by atoms with E-state index in [4.69, 9.17) is 15.8 Å². The molecule has 1 amide bonds. The number of nitrogens with two attached hydrogens (primary N) is 1. The van der Waals surface area contributed by atoms with E-state index >= 15 is 0 Å². The van der Waals surface area contributed by atoms with Gasteiger partial charge in [0.05, 0.1) is 11.7 Å². The number of nitrogens with one attached hydrogen (secondary N) is 1. The summed E-state index contributed by atoms with van der Waals surface area (Å²) in [5.74, 6) is -0.169. The van der Waals surface area contributed by atoms with Gasteiger partial charge in [-0.3, -0.25) is 4.79 Å². The largest absolute Gasteiger partial charge is 0.396 e. The third-order valence-corrected chi connectivity index (χ3v) is 8.43. The summed E-state index contributed by atoms with van der Waals surface area (Å²) in [6.45, 7) is 11.1. The van der Waals surface area contributed by atoms with Gasteiger partial charge in [0.1, 0.15) is 0 Å². The molecule has 0 bridgehead atoms. The zero-order valence-corrected chi connectivity index (χ0v) is 21.2. The third-order valence-electron chi connectivity index (χ3n) is 7.53. The highest BCUT2D eigenvalue weighted by molar-refractivity contribution is 7.14. The number of nitrogens with zero attached hydrogens (tertiary/aromatic N) is 2. The van der Waals surface area contributed by atoms with Crippen molar-refractivity contribution in [1.82, 2.24) is 10.3 Å². The van der Waals surface area contributed by atoms with E-state index in [1.807, 2.05) is 0 Å². The van der Waals surface area contributed by atoms with Crippen LogP contribution in [0.1, 0.15) is 70.9 Å². The zero-order valence-electron chi connectivity index (χ0n) is 20.4. The van der Waals surface area contributed by atoms with Gasteiger partial charge in [-0.2, -0.15) is 0 Å². The minimum Gasteiger partial charge on any atom is -0.396 e. The van der Waals surface area contributed by atoms with Crippen LogP contribution in [0.25, 0.3) is 11.3 Å². The molecule has 1 aromatic carbocycles. The number of amides is 1. The van der Waals surface area contributed by atoms with Gasteiger partial charge in [-0.05, 0) is 60.1 Å². The van der Waals surface area contributed by atoms with Crippen LogP contribution < -0.4 is 16.0 Å². The summed E-state index contributed by atoms with van der Waals surface area (Å²) < 4.78 is 0. The lowest BCUT2D eigenvalue weighted by atomic mass is 9.63. The minimum atomic E-state index is -0.637. The van der Waals surface area contributed by atoms with Crippen LogP contribution >= 0.6 is 11.3 Å². The second-order valence-corrected chi connectivity index (χ2v) is 11.8. The molecular formula is C26H38N4O2S. The number of anilines is 1. The third kappa shape index (κ3) is 5.10. The second-order valence-electron chi connectivity index (χ2n) is 10.9. The van der Waals surface area contributed by atoms with Crippen molar-refractivity contribution in [2.75, 3.05) is 24.6 Å². The topological polar surface area (TPSA) is 91.5 Å². The summed E-state index contributed by atoms with van der Waals surface area (Å²) in [6, 6.07) is 6.41. The van der Waals surface area contributed by atoms with Gasteiger partial charge < -0.3 is 21.1 Å². The van der Waals surface area contributed by atoms with E-state index < -0.39 is 6.04 Å². The van der Waals surface area contributed by atoms with E-state index in [2.05, 4.69) is 61.5 Å². The highest BCUT2D eigenvalue weighted by Gasteiger charge is 2.37. The molecule has 4 N–H and O–H groups in total. The minimum absolute atomic E-state index is 0.0705. The molecule has 1 aromatic heterocycles. The van der Waals surface area contributed by atoms with Crippen molar-refractivity contribution in [2.45, 2.75) is 82.7 Å². The van der Waals surface area contributed by atoms with E-state index in [1.54, 1.807) is 11.3 Å². The number of piperidine rings is 1. The molecule has 0 spiro atoms. The van der Waals surface area contributed by atoms with E-state index in [1.165, 1.54) is 29.5 Å². The maximum absolute atomic E-state index is 12.1. The van der Waals surface area contributed by atoms with Crippen molar-refractivity contribution in [3.05, 3.63) is 34.7 Å². The number of carbonyl (C=O) groups is 1. The number of hydrogen-bond donors (Lipinski definition) is 3. The van der Waals surface area contributed by atoms with Gasteiger partial charge in [0.2, 0.25) is 5.91 Å². The number of rotatable bonds is 6. The Labute approximate surface area is 201 Å². The molecule has 2 heterocycles. The first kappa shape index (κ1) is 24.2. The van der Waals surface area contributed by atoms with Crippen LogP contribution in [0.2, 0.25) is 0 Å². The van der Waals surface area contributed by atoms with Gasteiger partial charge in [0.25, 0.3) is 0 Å². The average Bonchev–Trinajstić information content (AvgIpc) is 3.28. The number of hydrogen-bond acceptors (Lipinski definition) is 6.